The van der Waals surface area contributed by atoms with Crippen molar-refractivity contribution >= 4 is 10.9 Å². The van der Waals surface area contributed by atoms with Gasteiger partial charge >= 0.3 is 0 Å². The number of halogens is 2. The lowest BCUT2D eigenvalue weighted by molar-refractivity contribution is 0.293. The van der Waals surface area contributed by atoms with Crippen LogP contribution in [0, 0.1) is 11.6 Å². The van der Waals surface area contributed by atoms with Crippen molar-refractivity contribution in [1.29, 1.82) is 0 Å². The number of likely N-dealkylation sites (N-methyl/N-ethyl adjacent to an activating group) is 1. The molecule has 0 aliphatic heterocycles. The van der Waals surface area contributed by atoms with Gasteiger partial charge in [-0.25, -0.2) is 8.78 Å². The van der Waals surface area contributed by atoms with Crippen molar-refractivity contribution in [3.05, 3.63) is 65.4 Å². The van der Waals surface area contributed by atoms with E-state index in [1.165, 1.54) is 0 Å². The van der Waals surface area contributed by atoms with Gasteiger partial charge in [0.05, 0.1) is 10.9 Å². The van der Waals surface area contributed by atoms with Crippen molar-refractivity contribution in [2.75, 3.05) is 20.6 Å². The molecule has 0 aliphatic carbocycles. The molecule has 3 aromatic rings. The van der Waals surface area contributed by atoms with Gasteiger partial charge in [0.25, 0.3) is 0 Å². The van der Waals surface area contributed by atoms with Crippen molar-refractivity contribution in [3.63, 3.8) is 0 Å². The van der Waals surface area contributed by atoms with E-state index >= 15 is 0 Å². The minimum atomic E-state index is -0.668. The van der Waals surface area contributed by atoms with E-state index in [1.807, 2.05) is 55.5 Å². The summed E-state index contributed by atoms with van der Waals surface area (Å²) in [5.74, 6) is -1.12. The number of aromatic nitrogens is 1. The highest BCUT2D eigenvalue weighted by atomic mass is 19.1. The van der Waals surface area contributed by atoms with Gasteiger partial charge in [-0.05, 0) is 31.6 Å². The quantitative estimate of drug-likeness (QED) is 0.669. The first-order valence-corrected chi connectivity index (χ1v) is 8.24. The first-order chi connectivity index (χ1) is 12.0. The Morgan fingerprint density at radius 2 is 1.80 bits per heavy atom. The summed E-state index contributed by atoms with van der Waals surface area (Å²) in [5.41, 5.74) is 2.19. The molecule has 3 rings (SSSR count). The Morgan fingerprint density at radius 1 is 1.08 bits per heavy atom. The summed E-state index contributed by atoms with van der Waals surface area (Å²) in [5, 5.41) is 0.526. The van der Waals surface area contributed by atoms with Crippen LogP contribution in [0.3, 0.4) is 0 Å². The fourth-order valence-electron chi connectivity index (χ4n) is 3.00. The summed E-state index contributed by atoms with van der Waals surface area (Å²) in [6.45, 7) is 1.02. The molecule has 0 radical (unpaired) electrons. The van der Waals surface area contributed by atoms with Gasteiger partial charge in [0.1, 0.15) is 6.61 Å². The highest BCUT2D eigenvalue weighted by molar-refractivity contribution is 5.90. The normalized spacial score (nSPS) is 11.4. The Morgan fingerprint density at radius 3 is 2.48 bits per heavy atom. The topological polar surface area (TPSA) is 17.4 Å². The second-order valence-corrected chi connectivity index (χ2v) is 6.49. The highest BCUT2D eigenvalue weighted by Crippen LogP contribution is 2.35. The molecular formula is C20H22F2N2O. The van der Waals surface area contributed by atoms with Crippen LogP contribution < -0.4 is 4.74 Å². The number of benzene rings is 2. The van der Waals surface area contributed by atoms with Crippen molar-refractivity contribution in [2.24, 2.45) is 7.05 Å². The number of nitrogens with zero attached hydrogens (tertiary/aromatic N) is 2. The van der Waals surface area contributed by atoms with E-state index in [0.717, 1.165) is 23.7 Å². The molecule has 132 valence electrons. The Labute approximate surface area is 146 Å². The van der Waals surface area contributed by atoms with Crippen molar-refractivity contribution in [1.82, 2.24) is 9.47 Å². The summed E-state index contributed by atoms with van der Waals surface area (Å²) in [4.78, 5) is 2.04. The second-order valence-electron chi connectivity index (χ2n) is 6.49. The minimum absolute atomic E-state index is 0.120. The van der Waals surface area contributed by atoms with E-state index < -0.39 is 11.6 Å². The number of ether oxygens (including phenoxy) is 1. The number of fused-ring (bicyclic) bond motifs is 1. The SMILES string of the molecule is CN(C)CCc1cn(C)c2c(F)cc(F)c(OCc3ccccc3)c12. The molecule has 0 amide bonds. The number of rotatable bonds is 6. The molecule has 3 nitrogen and oxygen atoms in total. The van der Waals surface area contributed by atoms with Crippen LogP contribution in [0.5, 0.6) is 5.75 Å². The maximum Gasteiger partial charge on any atom is 0.168 e. The third kappa shape index (κ3) is 3.66. The smallest absolute Gasteiger partial charge is 0.168 e. The molecule has 0 unspecified atom stereocenters. The summed E-state index contributed by atoms with van der Waals surface area (Å²) in [7, 11) is 5.71. The molecule has 0 bridgehead atoms. The zero-order chi connectivity index (χ0) is 18.0. The van der Waals surface area contributed by atoms with E-state index in [2.05, 4.69) is 0 Å². The molecule has 0 saturated heterocycles. The summed E-state index contributed by atoms with van der Waals surface area (Å²) < 4.78 is 36.3. The standard InChI is InChI=1S/C20H22F2N2O/c1-23(2)10-9-15-12-24(3)19-16(21)11-17(22)20(18(15)19)25-13-14-7-5-4-6-8-14/h4-8,11-12H,9-10,13H2,1-3H3. The molecule has 0 spiro atoms. The van der Waals surface area contributed by atoms with E-state index in [9.17, 15) is 8.78 Å². The van der Waals surface area contributed by atoms with Crippen LogP contribution in [-0.2, 0) is 20.1 Å². The molecule has 0 N–H and O–H groups in total. The Kier molecular flexibility index (Phi) is 5.04. The molecule has 5 heteroatoms. The molecular weight excluding hydrogens is 322 g/mol. The first-order valence-electron chi connectivity index (χ1n) is 8.24. The Bertz CT molecular complexity index is 873. The molecule has 1 heterocycles. The van der Waals surface area contributed by atoms with Gasteiger partial charge in [-0.1, -0.05) is 30.3 Å². The van der Waals surface area contributed by atoms with E-state index in [0.29, 0.717) is 17.3 Å². The van der Waals surface area contributed by atoms with Gasteiger partial charge in [-0.3, -0.25) is 0 Å². The maximum atomic E-state index is 14.5. The van der Waals surface area contributed by atoms with E-state index in [4.69, 9.17) is 4.74 Å². The number of hydrogen-bond acceptors (Lipinski definition) is 2. The third-order valence-corrected chi connectivity index (χ3v) is 4.24. The summed E-state index contributed by atoms with van der Waals surface area (Å²) in [6.07, 6.45) is 2.54. The number of aryl methyl sites for hydroxylation is 1. The molecule has 1 aromatic heterocycles. The van der Waals surface area contributed by atoms with Gasteiger partial charge in [-0.15, -0.1) is 0 Å². The van der Waals surface area contributed by atoms with Crippen molar-refractivity contribution in [2.45, 2.75) is 13.0 Å². The van der Waals surface area contributed by atoms with E-state index in [1.54, 1.807) is 11.6 Å². The number of hydrogen-bond donors (Lipinski definition) is 0. The highest BCUT2D eigenvalue weighted by Gasteiger charge is 2.20. The fraction of sp³-hybridized carbons (Fsp3) is 0.300. The van der Waals surface area contributed by atoms with Crippen LogP contribution >= 0.6 is 0 Å². The average molecular weight is 344 g/mol. The zero-order valence-electron chi connectivity index (χ0n) is 14.7. The summed E-state index contributed by atoms with van der Waals surface area (Å²) in [6, 6.07) is 10.4. The lowest BCUT2D eigenvalue weighted by atomic mass is 10.1. The largest absolute Gasteiger partial charge is 0.485 e. The predicted molar refractivity (Wildman–Crippen MR) is 95.9 cm³/mol. The van der Waals surface area contributed by atoms with Gasteiger partial charge < -0.3 is 14.2 Å². The third-order valence-electron chi connectivity index (χ3n) is 4.24. The van der Waals surface area contributed by atoms with Crippen molar-refractivity contribution < 1.29 is 13.5 Å². The van der Waals surface area contributed by atoms with Crippen LogP contribution in [0.1, 0.15) is 11.1 Å². The second kappa shape index (κ2) is 7.23. The van der Waals surface area contributed by atoms with Crippen molar-refractivity contribution in [3.8, 4) is 5.75 Å². The minimum Gasteiger partial charge on any atom is -0.485 e. The van der Waals surface area contributed by atoms with Gasteiger partial charge in [0.15, 0.2) is 17.4 Å². The zero-order valence-corrected chi connectivity index (χ0v) is 14.7. The van der Waals surface area contributed by atoms with Crippen LogP contribution in [-0.4, -0.2) is 30.1 Å². The molecule has 2 aromatic carbocycles. The van der Waals surface area contributed by atoms with Crippen LogP contribution in [0.15, 0.2) is 42.6 Å². The summed E-state index contributed by atoms with van der Waals surface area (Å²) >= 11 is 0. The van der Waals surface area contributed by atoms with Gasteiger partial charge in [-0.2, -0.15) is 0 Å². The van der Waals surface area contributed by atoms with Crippen LogP contribution in [0.25, 0.3) is 10.9 Å². The van der Waals surface area contributed by atoms with Gasteiger partial charge in [0, 0.05) is 25.9 Å². The Balaban J connectivity index is 2.03. The molecule has 0 aliphatic rings. The lowest BCUT2D eigenvalue weighted by Crippen LogP contribution is -2.15. The average Bonchev–Trinajstić information content (AvgIpc) is 2.90. The van der Waals surface area contributed by atoms with E-state index in [-0.39, 0.29) is 12.4 Å². The molecule has 0 saturated carbocycles. The van der Waals surface area contributed by atoms with Crippen LogP contribution in [0.4, 0.5) is 8.78 Å². The molecule has 0 atom stereocenters. The lowest BCUT2D eigenvalue weighted by Gasteiger charge is -2.12. The molecule has 25 heavy (non-hydrogen) atoms. The van der Waals surface area contributed by atoms with Crippen LogP contribution in [0.2, 0.25) is 0 Å². The van der Waals surface area contributed by atoms with Gasteiger partial charge in [0.2, 0.25) is 0 Å². The fourth-order valence-corrected chi connectivity index (χ4v) is 3.00. The molecule has 0 fully saturated rings. The predicted octanol–water partition coefficient (Wildman–Crippen LogP) is 4.14. The maximum absolute atomic E-state index is 14.5. The Hall–Kier alpha value is -2.40. The monoisotopic (exact) mass is 344 g/mol. The first kappa shape index (κ1) is 17.4.